The van der Waals surface area contributed by atoms with Crippen molar-refractivity contribution in [3.05, 3.63) is 42.4 Å². The van der Waals surface area contributed by atoms with E-state index in [1.54, 1.807) is 24.3 Å². The third-order valence-corrected chi connectivity index (χ3v) is 4.91. The first-order chi connectivity index (χ1) is 10.5. The third-order valence-electron chi connectivity index (χ3n) is 3.51. The summed E-state index contributed by atoms with van der Waals surface area (Å²) in [4.78, 5) is 8.12. The number of quaternary nitrogens is 1. The molecule has 22 heavy (non-hydrogen) atoms. The van der Waals surface area contributed by atoms with E-state index in [1.165, 1.54) is 12.5 Å². The molecule has 1 N–H and O–H groups in total. The molecule has 1 unspecified atom stereocenters. The lowest BCUT2D eigenvalue weighted by molar-refractivity contribution is 0.529. The standard InChI is InChI=1S/C12H10N7O2S/c1-22(20,21)19-10-5-3-2-4-9(10)15-11-8(6-13-7-14-11)12(19)16-17-18-19/h2-7H,1H3,(H,13,14,15)/q+1. The fourth-order valence-electron chi connectivity index (χ4n) is 2.57. The van der Waals surface area contributed by atoms with Gasteiger partial charge in [-0.2, -0.15) is 8.42 Å². The minimum absolute atomic E-state index is 0.149. The molecule has 1 atom stereocenters. The molecule has 0 amide bonds. The number of nitrogens with one attached hydrogen (secondary N) is 1. The number of fused-ring (bicyclic) bond motifs is 5. The Morgan fingerprint density at radius 2 is 2.05 bits per heavy atom. The Morgan fingerprint density at radius 1 is 1.23 bits per heavy atom. The third kappa shape index (κ3) is 1.50. The number of nitrogens with zero attached hydrogens (tertiary/aromatic N) is 6. The van der Waals surface area contributed by atoms with E-state index in [0.717, 1.165) is 6.26 Å². The van der Waals surface area contributed by atoms with Crippen molar-refractivity contribution in [3.63, 3.8) is 0 Å². The first-order valence-electron chi connectivity index (χ1n) is 6.31. The van der Waals surface area contributed by atoms with Gasteiger partial charge in [-0.25, -0.2) is 9.97 Å². The summed E-state index contributed by atoms with van der Waals surface area (Å²) in [5.41, 5.74) is 1.41. The second-order valence-corrected chi connectivity index (χ2v) is 6.83. The van der Waals surface area contributed by atoms with Crippen LogP contribution in [0.5, 0.6) is 0 Å². The Labute approximate surface area is 125 Å². The molecule has 0 spiro atoms. The van der Waals surface area contributed by atoms with Gasteiger partial charge in [-0.1, -0.05) is 17.2 Å². The predicted molar refractivity (Wildman–Crippen MR) is 79.8 cm³/mol. The maximum atomic E-state index is 12.6. The van der Waals surface area contributed by atoms with Gasteiger partial charge in [0, 0.05) is 21.5 Å². The molecule has 2 aliphatic heterocycles. The second-order valence-electron chi connectivity index (χ2n) is 4.84. The predicted octanol–water partition coefficient (Wildman–Crippen LogP) is 1.54. The van der Waals surface area contributed by atoms with Gasteiger partial charge in [-0.05, 0) is 6.07 Å². The number of para-hydroxylation sites is 2. The van der Waals surface area contributed by atoms with Crippen LogP contribution in [0.2, 0.25) is 0 Å². The Morgan fingerprint density at radius 3 is 2.86 bits per heavy atom. The Kier molecular flexibility index (Phi) is 2.45. The normalized spacial score (nSPS) is 22.0. The average Bonchev–Trinajstić information content (AvgIpc) is 2.89. The molecule has 9 nitrogen and oxygen atoms in total. The van der Waals surface area contributed by atoms with Gasteiger partial charge < -0.3 is 5.32 Å². The van der Waals surface area contributed by atoms with Crippen molar-refractivity contribution in [2.45, 2.75) is 0 Å². The molecular formula is C12H10N7O2S+. The highest BCUT2D eigenvalue weighted by Crippen LogP contribution is 2.44. The molecule has 0 saturated carbocycles. The van der Waals surface area contributed by atoms with Crippen molar-refractivity contribution in [1.29, 1.82) is 0 Å². The van der Waals surface area contributed by atoms with Gasteiger partial charge in [-0.3, -0.25) is 0 Å². The van der Waals surface area contributed by atoms with Crippen LogP contribution in [0.3, 0.4) is 0 Å². The SMILES string of the molecule is CS(=O)(=O)[N+]12N=NN=C1c1cncnc1Nc1ccccc12. The number of amidine groups is 1. The van der Waals surface area contributed by atoms with Gasteiger partial charge in [0.05, 0.1) is 11.5 Å². The Balaban J connectivity index is 2.17. The van der Waals surface area contributed by atoms with Crippen LogP contribution in [0.1, 0.15) is 5.56 Å². The van der Waals surface area contributed by atoms with Crippen LogP contribution in [0.4, 0.5) is 17.2 Å². The molecule has 0 aliphatic carbocycles. The molecule has 2 aliphatic rings. The quantitative estimate of drug-likeness (QED) is 0.803. The highest BCUT2D eigenvalue weighted by Gasteiger charge is 2.56. The molecule has 110 valence electrons. The molecule has 0 saturated heterocycles. The highest BCUT2D eigenvalue weighted by atomic mass is 32.2. The molecule has 2 aromatic rings. The fraction of sp³-hybridized carbons (Fsp3) is 0.0833. The van der Waals surface area contributed by atoms with E-state index in [0.29, 0.717) is 22.8 Å². The summed E-state index contributed by atoms with van der Waals surface area (Å²) in [6.07, 6.45) is 3.96. The number of hydrogen-bond donors (Lipinski definition) is 1. The Hall–Kier alpha value is -2.72. The van der Waals surface area contributed by atoms with E-state index in [9.17, 15) is 8.42 Å². The molecule has 0 bridgehead atoms. The molecule has 1 aromatic carbocycles. The number of rotatable bonds is 1. The van der Waals surface area contributed by atoms with E-state index in [-0.39, 0.29) is 5.84 Å². The monoisotopic (exact) mass is 316 g/mol. The second kappa shape index (κ2) is 4.15. The van der Waals surface area contributed by atoms with Crippen LogP contribution < -0.4 is 9.31 Å². The fourth-order valence-corrected chi connectivity index (χ4v) is 3.70. The van der Waals surface area contributed by atoms with Crippen LogP contribution in [-0.2, 0) is 10.0 Å². The van der Waals surface area contributed by atoms with E-state index in [2.05, 4.69) is 30.8 Å². The highest BCUT2D eigenvalue weighted by molar-refractivity contribution is 7.90. The zero-order valence-electron chi connectivity index (χ0n) is 11.4. The number of hydrogen-bond acceptors (Lipinski definition) is 8. The van der Waals surface area contributed by atoms with Crippen molar-refractivity contribution in [1.82, 2.24) is 14.0 Å². The first-order valence-corrected chi connectivity index (χ1v) is 8.16. The van der Waals surface area contributed by atoms with E-state index >= 15 is 0 Å². The summed E-state index contributed by atoms with van der Waals surface area (Å²) in [5, 5.41) is 14.6. The molecule has 3 heterocycles. The first kappa shape index (κ1) is 13.0. The number of aromatic nitrogens is 2. The lowest BCUT2D eigenvalue weighted by atomic mass is 10.2. The summed E-state index contributed by atoms with van der Waals surface area (Å²) in [6.45, 7) is 0. The van der Waals surface area contributed by atoms with E-state index in [1.807, 2.05) is 0 Å². The summed E-state index contributed by atoms with van der Waals surface area (Å²) in [5.74, 6) is 0.604. The van der Waals surface area contributed by atoms with Gasteiger partial charge in [0.25, 0.3) is 0 Å². The van der Waals surface area contributed by atoms with Gasteiger partial charge in [0.15, 0.2) is 0 Å². The maximum Gasteiger partial charge on any atom is 0.331 e. The van der Waals surface area contributed by atoms with Crippen LogP contribution in [-0.4, -0.2) is 30.5 Å². The lowest BCUT2D eigenvalue weighted by Crippen LogP contribution is -2.51. The maximum absolute atomic E-state index is 12.6. The molecular weight excluding hydrogens is 306 g/mol. The number of benzene rings is 1. The van der Waals surface area contributed by atoms with Crippen molar-refractivity contribution in [3.8, 4) is 0 Å². The molecule has 1 aromatic heterocycles. The average molecular weight is 316 g/mol. The minimum Gasteiger partial charge on any atom is -0.334 e. The number of sulfonamides is 1. The van der Waals surface area contributed by atoms with Crippen LogP contribution in [0.15, 0.2) is 52.3 Å². The van der Waals surface area contributed by atoms with Gasteiger partial charge in [0.1, 0.15) is 23.4 Å². The van der Waals surface area contributed by atoms with Crippen molar-refractivity contribution in [2.24, 2.45) is 15.5 Å². The van der Waals surface area contributed by atoms with Gasteiger partial charge >= 0.3 is 15.9 Å². The minimum atomic E-state index is -3.75. The van der Waals surface area contributed by atoms with Crippen LogP contribution >= 0.6 is 0 Å². The zero-order chi connectivity index (χ0) is 15.4. The Bertz CT molecular complexity index is 953. The topological polar surface area (TPSA) is 109 Å². The van der Waals surface area contributed by atoms with Gasteiger partial charge in [-0.15, -0.1) is 0 Å². The van der Waals surface area contributed by atoms with Gasteiger partial charge in [0.2, 0.25) is 5.69 Å². The van der Waals surface area contributed by atoms with Crippen molar-refractivity contribution >= 4 is 33.1 Å². The summed E-state index contributed by atoms with van der Waals surface area (Å²) in [6, 6.07) is 6.95. The van der Waals surface area contributed by atoms with E-state index < -0.39 is 14.0 Å². The van der Waals surface area contributed by atoms with Crippen LogP contribution in [0.25, 0.3) is 0 Å². The molecule has 0 radical (unpaired) electrons. The number of anilines is 2. The summed E-state index contributed by atoms with van der Waals surface area (Å²) in [7, 11) is -3.75. The van der Waals surface area contributed by atoms with Crippen LogP contribution in [0, 0.1) is 0 Å². The molecule has 0 fully saturated rings. The van der Waals surface area contributed by atoms with E-state index in [4.69, 9.17) is 0 Å². The molecule has 10 heteroatoms. The molecule has 4 rings (SSSR count). The van der Waals surface area contributed by atoms with Crippen molar-refractivity contribution < 1.29 is 8.42 Å². The summed E-state index contributed by atoms with van der Waals surface area (Å²) < 4.78 is 24.3. The lowest BCUT2D eigenvalue weighted by Gasteiger charge is -2.23. The summed E-state index contributed by atoms with van der Waals surface area (Å²) >= 11 is 0. The smallest absolute Gasteiger partial charge is 0.331 e. The largest absolute Gasteiger partial charge is 0.334 e. The zero-order valence-corrected chi connectivity index (χ0v) is 12.2. The van der Waals surface area contributed by atoms with Crippen molar-refractivity contribution in [2.75, 3.05) is 11.6 Å².